The van der Waals surface area contributed by atoms with Crippen LogP contribution in [0.15, 0.2) is 18.2 Å². The number of benzene rings is 1. The number of nitrogens with zero attached hydrogens (tertiary/aromatic N) is 2. The minimum Gasteiger partial charge on any atom is -0.337 e. The van der Waals surface area contributed by atoms with Crippen molar-refractivity contribution in [3.63, 3.8) is 0 Å². The van der Waals surface area contributed by atoms with E-state index in [9.17, 15) is 14.9 Å². The quantitative estimate of drug-likeness (QED) is 0.619. The normalized spacial score (nSPS) is 15.5. The van der Waals surface area contributed by atoms with E-state index in [0.717, 1.165) is 11.5 Å². The molecule has 1 saturated heterocycles. The van der Waals surface area contributed by atoms with Gasteiger partial charge < -0.3 is 4.90 Å². The molecule has 18 heavy (non-hydrogen) atoms. The summed E-state index contributed by atoms with van der Waals surface area (Å²) in [7, 11) is 0. The molecule has 7 heteroatoms. The van der Waals surface area contributed by atoms with Crippen LogP contribution in [0.4, 0.5) is 5.69 Å². The average molecular weight is 287 g/mol. The van der Waals surface area contributed by atoms with Crippen LogP contribution in [-0.4, -0.2) is 40.3 Å². The van der Waals surface area contributed by atoms with Crippen molar-refractivity contribution in [3.8, 4) is 0 Å². The van der Waals surface area contributed by atoms with Gasteiger partial charge in [0.1, 0.15) is 10.6 Å². The fraction of sp³-hybridized carbons (Fsp3) is 0.364. The lowest BCUT2D eigenvalue weighted by Crippen LogP contribution is -2.38. The van der Waals surface area contributed by atoms with Gasteiger partial charge in [0.25, 0.3) is 5.91 Å². The zero-order valence-electron chi connectivity index (χ0n) is 9.47. The third-order valence-electron chi connectivity index (χ3n) is 2.70. The first-order valence-electron chi connectivity index (χ1n) is 5.41. The highest BCUT2D eigenvalue weighted by atomic mass is 35.5. The van der Waals surface area contributed by atoms with Crippen LogP contribution < -0.4 is 0 Å². The van der Waals surface area contributed by atoms with Gasteiger partial charge in [-0.3, -0.25) is 14.9 Å². The van der Waals surface area contributed by atoms with Crippen LogP contribution in [0.2, 0.25) is 5.02 Å². The molecule has 1 amide bonds. The summed E-state index contributed by atoms with van der Waals surface area (Å²) in [5.74, 6) is 1.41. The summed E-state index contributed by atoms with van der Waals surface area (Å²) in [6.45, 7) is 1.24. The van der Waals surface area contributed by atoms with Crippen molar-refractivity contribution in [2.24, 2.45) is 0 Å². The number of hydrogen-bond acceptors (Lipinski definition) is 4. The van der Waals surface area contributed by atoms with Crippen molar-refractivity contribution in [3.05, 3.63) is 38.9 Å². The number of halogens is 1. The molecule has 0 spiro atoms. The largest absolute Gasteiger partial charge is 0.337 e. The third-order valence-corrected chi connectivity index (χ3v) is 3.95. The Bertz CT molecular complexity index is 489. The Morgan fingerprint density at radius 2 is 2.06 bits per heavy atom. The van der Waals surface area contributed by atoms with Crippen molar-refractivity contribution in [2.75, 3.05) is 24.6 Å². The minimum atomic E-state index is -0.603. The topological polar surface area (TPSA) is 63.4 Å². The van der Waals surface area contributed by atoms with Crippen molar-refractivity contribution >= 4 is 35.0 Å². The van der Waals surface area contributed by atoms with E-state index in [1.807, 2.05) is 0 Å². The third kappa shape index (κ3) is 2.59. The van der Waals surface area contributed by atoms with Gasteiger partial charge >= 0.3 is 5.69 Å². The lowest BCUT2D eigenvalue weighted by molar-refractivity contribution is -0.385. The highest BCUT2D eigenvalue weighted by molar-refractivity contribution is 7.99. The Morgan fingerprint density at radius 3 is 2.67 bits per heavy atom. The number of rotatable bonds is 2. The smallest absolute Gasteiger partial charge is 0.300 e. The van der Waals surface area contributed by atoms with E-state index in [1.165, 1.54) is 12.1 Å². The summed E-state index contributed by atoms with van der Waals surface area (Å²) >= 11 is 7.56. The molecule has 0 N–H and O–H groups in total. The van der Waals surface area contributed by atoms with Gasteiger partial charge in [-0.05, 0) is 12.1 Å². The second-order valence-corrected chi connectivity index (χ2v) is 5.43. The van der Waals surface area contributed by atoms with E-state index in [-0.39, 0.29) is 22.2 Å². The zero-order valence-corrected chi connectivity index (χ0v) is 11.0. The number of amides is 1. The number of nitro groups is 1. The Kier molecular flexibility index (Phi) is 4.08. The molecule has 1 aromatic rings. The molecule has 0 unspecified atom stereocenters. The first-order chi connectivity index (χ1) is 8.61. The first-order valence-corrected chi connectivity index (χ1v) is 6.94. The monoisotopic (exact) mass is 286 g/mol. The van der Waals surface area contributed by atoms with Gasteiger partial charge in [0.05, 0.1) is 4.92 Å². The van der Waals surface area contributed by atoms with Crippen LogP contribution in [0.3, 0.4) is 0 Å². The number of nitro benzene ring substituents is 1. The average Bonchev–Trinajstić information content (AvgIpc) is 2.38. The maximum Gasteiger partial charge on any atom is 0.300 e. The number of carbonyl (C=O) groups excluding carboxylic acids is 1. The highest BCUT2D eigenvalue weighted by Crippen LogP contribution is 2.29. The van der Waals surface area contributed by atoms with E-state index < -0.39 is 4.92 Å². The highest BCUT2D eigenvalue weighted by Gasteiger charge is 2.27. The van der Waals surface area contributed by atoms with Crippen molar-refractivity contribution in [1.82, 2.24) is 4.90 Å². The predicted molar refractivity (Wildman–Crippen MR) is 71.3 cm³/mol. The summed E-state index contributed by atoms with van der Waals surface area (Å²) in [6.07, 6.45) is 0. The first kappa shape index (κ1) is 13.2. The molecule has 1 aromatic carbocycles. The SMILES string of the molecule is O=C(c1cccc(Cl)c1[N+](=O)[O-])N1CCSCC1. The number of carbonyl (C=O) groups is 1. The molecule has 2 rings (SSSR count). The molecule has 0 bridgehead atoms. The van der Waals surface area contributed by atoms with Crippen LogP contribution in [0, 0.1) is 10.1 Å². The fourth-order valence-electron chi connectivity index (χ4n) is 1.81. The van der Waals surface area contributed by atoms with Crippen molar-refractivity contribution < 1.29 is 9.72 Å². The van der Waals surface area contributed by atoms with E-state index in [0.29, 0.717) is 13.1 Å². The fourth-order valence-corrected chi connectivity index (χ4v) is 2.96. The molecular formula is C11H11ClN2O3S. The van der Waals surface area contributed by atoms with Crippen LogP contribution in [0.25, 0.3) is 0 Å². The van der Waals surface area contributed by atoms with E-state index in [4.69, 9.17) is 11.6 Å². The molecule has 1 fully saturated rings. The number of hydrogen-bond donors (Lipinski definition) is 0. The molecule has 0 aromatic heterocycles. The minimum absolute atomic E-state index is 0.00256. The maximum atomic E-state index is 12.2. The van der Waals surface area contributed by atoms with Crippen molar-refractivity contribution in [2.45, 2.75) is 0 Å². The van der Waals surface area contributed by atoms with Gasteiger partial charge in [0.15, 0.2) is 0 Å². The van der Waals surface area contributed by atoms with Gasteiger partial charge in [-0.15, -0.1) is 0 Å². The molecule has 96 valence electrons. The Hall–Kier alpha value is -1.27. The molecule has 5 nitrogen and oxygen atoms in total. The Morgan fingerprint density at radius 1 is 1.39 bits per heavy atom. The molecule has 0 atom stereocenters. The molecule has 0 saturated carbocycles. The Labute approximate surface area is 113 Å². The van der Waals surface area contributed by atoms with E-state index in [1.54, 1.807) is 22.7 Å². The molecule has 0 radical (unpaired) electrons. The molecular weight excluding hydrogens is 276 g/mol. The molecule has 1 aliphatic heterocycles. The van der Waals surface area contributed by atoms with Crippen LogP contribution in [0.1, 0.15) is 10.4 Å². The van der Waals surface area contributed by atoms with Gasteiger partial charge in [-0.2, -0.15) is 11.8 Å². The lowest BCUT2D eigenvalue weighted by atomic mass is 10.1. The summed E-state index contributed by atoms with van der Waals surface area (Å²) in [4.78, 5) is 24.2. The second kappa shape index (κ2) is 5.58. The summed E-state index contributed by atoms with van der Waals surface area (Å²) in [6, 6.07) is 4.43. The number of para-hydroxylation sites is 1. The summed E-state index contributed by atoms with van der Waals surface area (Å²) in [5.41, 5.74) is -0.234. The van der Waals surface area contributed by atoms with Crippen LogP contribution >= 0.6 is 23.4 Å². The van der Waals surface area contributed by atoms with Crippen LogP contribution in [-0.2, 0) is 0 Å². The second-order valence-electron chi connectivity index (χ2n) is 3.80. The molecule has 0 aliphatic carbocycles. The number of thioether (sulfide) groups is 1. The summed E-state index contributed by atoms with van der Waals surface area (Å²) in [5, 5.41) is 11.0. The Balaban J connectivity index is 2.35. The van der Waals surface area contributed by atoms with Gasteiger partial charge in [0, 0.05) is 24.6 Å². The maximum absolute atomic E-state index is 12.2. The van der Waals surface area contributed by atoms with Crippen LogP contribution in [0.5, 0.6) is 0 Å². The summed E-state index contributed by atoms with van der Waals surface area (Å²) < 4.78 is 0. The molecule has 1 aliphatic rings. The van der Waals surface area contributed by atoms with Gasteiger partial charge in [-0.1, -0.05) is 17.7 Å². The predicted octanol–water partition coefficient (Wildman–Crippen LogP) is 2.44. The zero-order chi connectivity index (χ0) is 13.1. The standard InChI is InChI=1S/C11H11ClN2O3S/c12-9-3-1-2-8(10(9)14(16)17)11(15)13-4-6-18-7-5-13/h1-3H,4-7H2. The molecule has 1 heterocycles. The van der Waals surface area contributed by atoms with Gasteiger partial charge in [-0.25, -0.2) is 0 Å². The van der Waals surface area contributed by atoms with Crippen molar-refractivity contribution in [1.29, 1.82) is 0 Å². The van der Waals surface area contributed by atoms with Gasteiger partial charge in [0.2, 0.25) is 0 Å². The van der Waals surface area contributed by atoms with E-state index >= 15 is 0 Å². The van der Waals surface area contributed by atoms with E-state index in [2.05, 4.69) is 0 Å². The lowest BCUT2D eigenvalue weighted by Gasteiger charge is -2.26.